The first-order chi connectivity index (χ1) is 17.9. The van der Waals surface area contributed by atoms with E-state index >= 15 is 0 Å². The van der Waals surface area contributed by atoms with Gasteiger partial charge in [0, 0.05) is 35.3 Å². The summed E-state index contributed by atoms with van der Waals surface area (Å²) in [7, 11) is 0. The van der Waals surface area contributed by atoms with Gasteiger partial charge < -0.3 is 10.2 Å². The van der Waals surface area contributed by atoms with Gasteiger partial charge >= 0.3 is 0 Å². The highest BCUT2D eigenvalue weighted by Crippen LogP contribution is 2.25. The molecular weight excluding hydrogens is 523 g/mol. The maximum Gasteiger partial charge on any atom is 0.243 e. The predicted molar refractivity (Wildman–Crippen MR) is 156 cm³/mol. The number of rotatable bonds is 13. The molecule has 1 N–H and O–H groups in total. The molecule has 0 aromatic heterocycles. The van der Waals surface area contributed by atoms with Gasteiger partial charge in [0.1, 0.15) is 6.04 Å². The van der Waals surface area contributed by atoms with Crippen molar-refractivity contribution in [3.05, 3.63) is 105 Å². The van der Waals surface area contributed by atoms with Crippen molar-refractivity contribution in [2.24, 2.45) is 0 Å². The third-order valence-corrected chi connectivity index (χ3v) is 7.75. The van der Waals surface area contributed by atoms with Crippen LogP contribution in [0.25, 0.3) is 0 Å². The predicted octanol–water partition coefficient (Wildman–Crippen LogP) is 7.09. The fourth-order valence-electron chi connectivity index (χ4n) is 4.00. The van der Waals surface area contributed by atoms with Crippen molar-refractivity contribution in [3.63, 3.8) is 0 Å². The van der Waals surface area contributed by atoms with Crippen LogP contribution in [0.3, 0.4) is 0 Å². The van der Waals surface area contributed by atoms with Crippen LogP contribution in [0.15, 0.2) is 72.8 Å². The molecule has 0 aliphatic heterocycles. The molecule has 4 nitrogen and oxygen atoms in total. The molecule has 2 amide bonds. The van der Waals surface area contributed by atoms with E-state index in [0.29, 0.717) is 35.3 Å². The Balaban J connectivity index is 1.84. The zero-order valence-electron chi connectivity index (χ0n) is 21.4. The zero-order chi connectivity index (χ0) is 26.6. The number of halogens is 2. The molecule has 37 heavy (non-hydrogen) atoms. The van der Waals surface area contributed by atoms with Crippen LogP contribution in [0, 0.1) is 6.92 Å². The Morgan fingerprint density at radius 2 is 1.70 bits per heavy atom. The quantitative estimate of drug-likeness (QED) is 0.228. The Kier molecular flexibility index (Phi) is 11.8. The number of amides is 2. The lowest BCUT2D eigenvalue weighted by atomic mass is 10.0. The molecule has 0 unspecified atom stereocenters. The first-order valence-corrected chi connectivity index (χ1v) is 14.5. The van der Waals surface area contributed by atoms with Crippen molar-refractivity contribution in [2.75, 3.05) is 12.3 Å². The van der Waals surface area contributed by atoms with Crippen LogP contribution in [0.5, 0.6) is 0 Å². The van der Waals surface area contributed by atoms with Crippen LogP contribution in [0.2, 0.25) is 10.0 Å². The van der Waals surface area contributed by atoms with Crippen LogP contribution < -0.4 is 5.32 Å². The Labute approximate surface area is 234 Å². The van der Waals surface area contributed by atoms with Gasteiger partial charge in [0.25, 0.3) is 0 Å². The number of nitrogens with one attached hydrogen (secondary N) is 1. The molecule has 1 atom stereocenters. The second-order valence-electron chi connectivity index (χ2n) is 9.03. The second kappa shape index (κ2) is 15.1. The average Bonchev–Trinajstić information content (AvgIpc) is 2.89. The van der Waals surface area contributed by atoms with Crippen LogP contribution in [-0.4, -0.2) is 35.1 Å². The standard InChI is InChI=1S/C30H34Cl2N2O2S/c1-3-4-16-33-30(36)28(17-23-11-6-5-7-12-23)34(19-24-13-9-8-10-22(24)2)29(35)21-37-20-25-14-15-26(31)18-27(25)32/h5-15,18,28H,3-4,16-17,19-21H2,1-2H3,(H,33,36)/t28-/m1/s1. The molecular formula is C30H34Cl2N2O2S. The van der Waals surface area contributed by atoms with Gasteiger partial charge in [-0.3, -0.25) is 9.59 Å². The molecule has 0 aliphatic carbocycles. The minimum absolute atomic E-state index is 0.0788. The van der Waals surface area contributed by atoms with Gasteiger partial charge in [0.15, 0.2) is 0 Å². The zero-order valence-corrected chi connectivity index (χ0v) is 23.7. The van der Waals surface area contributed by atoms with Gasteiger partial charge in [-0.25, -0.2) is 0 Å². The maximum atomic E-state index is 13.7. The van der Waals surface area contributed by atoms with E-state index in [1.165, 1.54) is 11.8 Å². The molecule has 196 valence electrons. The van der Waals surface area contributed by atoms with Gasteiger partial charge in [0.05, 0.1) is 5.75 Å². The maximum absolute atomic E-state index is 13.7. The van der Waals surface area contributed by atoms with Crippen molar-refractivity contribution in [1.82, 2.24) is 10.2 Å². The molecule has 0 heterocycles. The largest absolute Gasteiger partial charge is 0.354 e. The van der Waals surface area contributed by atoms with E-state index in [1.807, 2.05) is 67.6 Å². The van der Waals surface area contributed by atoms with E-state index in [2.05, 4.69) is 12.2 Å². The lowest BCUT2D eigenvalue weighted by molar-refractivity contribution is -0.139. The van der Waals surface area contributed by atoms with Gasteiger partial charge in [-0.15, -0.1) is 11.8 Å². The first-order valence-electron chi connectivity index (χ1n) is 12.6. The molecule has 3 aromatic rings. The number of carbonyl (C=O) groups is 2. The molecule has 0 saturated heterocycles. The third-order valence-electron chi connectivity index (χ3n) is 6.20. The lowest BCUT2D eigenvalue weighted by Gasteiger charge is -2.32. The molecule has 0 saturated carbocycles. The molecule has 3 rings (SSSR count). The Hall–Kier alpha value is -2.47. The Bertz CT molecular complexity index is 1170. The highest BCUT2D eigenvalue weighted by molar-refractivity contribution is 7.99. The summed E-state index contributed by atoms with van der Waals surface area (Å²) >= 11 is 13.8. The van der Waals surface area contributed by atoms with Crippen LogP contribution in [0.4, 0.5) is 0 Å². The summed E-state index contributed by atoms with van der Waals surface area (Å²) in [5.74, 6) is 0.611. The third kappa shape index (κ3) is 9.10. The molecule has 0 fully saturated rings. The van der Waals surface area contributed by atoms with Crippen molar-refractivity contribution in [2.45, 2.75) is 51.4 Å². The van der Waals surface area contributed by atoms with E-state index in [-0.39, 0.29) is 17.6 Å². The van der Waals surface area contributed by atoms with Crippen molar-refractivity contribution >= 4 is 46.8 Å². The van der Waals surface area contributed by atoms with Gasteiger partial charge in [-0.05, 0) is 47.7 Å². The van der Waals surface area contributed by atoms with E-state index in [4.69, 9.17) is 23.2 Å². The minimum Gasteiger partial charge on any atom is -0.354 e. The fourth-order valence-corrected chi connectivity index (χ4v) is 5.47. The Morgan fingerprint density at radius 1 is 0.973 bits per heavy atom. The molecule has 7 heteroatoms. The SMILES string of the molecule is CCCCNC(=O)[C@@H](Cc1ccccc1)N(Cc1ccccc1C)C(=O)CSCc1ccc(Cl)cc1Cl. The van der Waals surface area contributed by atoms with E-state index in [9.17, 15) is 9.59 Å². The summed E-state index contributed by atoms with van der Waals surface area (Å²) in [6, 6.07) is 22.6. The molecule has 3 aromatic carbocycles. The van der Waals surface area contributed by atoms with Crippen molar-refractivity contribution in [1.29, 1.82) is 0 Å². The number of thioether (sulfide) groups is 1. The monoisotopic (exact) mass is 556 g/mol. The van der Waals surface area contributed by atoms with Crippen LogP contribution >= 0.6 is 35.0 Å². The second-order valence-corrected chi connectivity index (χ2v) is 10.9. The topological polar surface area (TPSA) is 49.4 Å². The number of hydrogen-bond acceptors (Lipinski definition) is 3. The van der Waals surface area contributed by atoms with Gasteiger partial charge in [0.2, 0.25) is 11.8 Å². The molecule has 0 aliphatic rings. The smallest absolute Gasteiger partial charge is 0.243 e. The van der Waals surface area contributed by atoms with Crippen LogP contribution in [0.1, 0.15) is 42.0 Å². The summed E-state index contributed by atoms with van der Waals surface area (Å²) in [5, 5.41) is 4.23. The highest BCUT2D eigenvalue weighted by Gasteiger charge is 2.30. The number of carbonyl (C=O) groups excluding carboxylic acids is 2. The normalized spacial score (nSPS) is 11.7. The number of nitrogens with zero attached hydrogens (tertiary/aromatic N) is 1. The summed E-state index contributed by atoms with van der Waals surface area (Å²) in [6.07, 6.45) is 2.33. The van der Waals surface area contributed by atoms with Gasteiger partial charge in [-0.1, -0.05) is 97.2 Å². The van der Waals surface area contributed by atoms with Crippen molar-refractivity contribution < 1.29 is 9.59 Å². The molecule has 0 bridgehead atoms. The minimum atomic E-state index is -0.619. The number of unbranched alkanes of at least 4 members (excludes halogenated alkanes) is 1. The first kappa shape index (κ1) is 29.1. The fraction of sp³-hybridized carbons (Fsp3) is 0.333. The van der Waals surface area contributed by atoms with Gasteiger partial charge in [-0.2, -0.15) is 0 Å². The Morgan fingerprint density at radius 3 is 2.41 bits per heavy atom. The number of hydrogen-bond donors (Lipinski definition) is 1. The summed E-state index contributed by atoms with van der Waals surface area (Å²) in [6.45, 7) is 5.08. The molecule has 0 radical (unpaired) electrons. The van der Waals surface area contributed by atoms with Crippen molar-refractivity contribution in [3.8, 4) is 0 Å². The number of benzene rings is 3. The summed E-state index contributed by atoms with van der Waals surface area (Å²) < 4.78 is 0. The lowest BCUT2D eigenvalue weighted by Crippen LogP contribution is -2.51. The van der Waals surface area contributed by atoms with E-state index < -0.39 is 6.04 Å². The summed E-state index contributed by atoms with van der Waals surface area (Å²) in [5.41, 5.74) is 4.06. The highest BCUT2D eigenvalue weighted by atomic mass is 35.5. The van der Waals surface area contributed by atoms with Crippen LogP contribution in [-0.2, 0) is 28.3 Å². The van der Waals surface area contributed by atoms with E-state index in [1.54, 1.807) is 17.0 Å². The number of aryl methyl sites for hydroxylation is 1. The average molecular weight is 558 g/mol. The van der Waals surface area contributed by atoms with E-state index in [0.717, 1.165) is 35.1 Å². The molecule has 0 spiro atoms. The summed E-state index contributed by atoms with van der Waals surface area (Å²) in [4.78, 5) is 28.9.